The molecule has 2 aromatic rings. The number of hydrogen-bond donors (Lipinski definition) is 0. The van der Waals surface area contributed by atoms with E-state index in [4.69, 9.17) is 0 Å². The highest BCUT2D eigenvalue weighted by Crippen LogP contribution is 2.39. The van der Waals surface area contributed by atoms with Crippen LogP contribution in [0.15, 0.2) is 70.6 Å². The SMILES string of the molecule is CC1=C(C)CN(S(=O)(=O)c2ccccc2[N+](=O)[O-])C(c2ccccc2)C1. The van der Waals surface area contributed by atoms with Crippen molar-refractivity contribution in [3.8, 4) is 0 Å². The molecule has 6 nitrogen and oxygen atoms in total. The summed E-state index contributed by atoms with van der Waals surface area (Å²) in [4.78, 5) is 10.4. The number of rotatable bonds is 4. The third kappa shape index (κ3) is 3.27. The van der Waals surface area contributed by atoms with Crippen LogP contribution in [0, 0.1) is 10.1 Å². The van der Waals surface area contributed by atoms with Gasteiger partial charge < -0.3 is 0 Å². The number of nitro groups is 1. The van der Waals surface area contributed by atoms with Crippen LogP contribution in [0.1, 0.15) is 31.9 Å². The molecule has 0 saturated heterocycles. The molecule has 3 rings (SSSR count). The second-order valence-electron chi connectivity index (χ2n) is 6.47. The van der Waals surface area contributed by atoms with Gasteiger partial charge in [0.1, 0.15) is 0 Å². The lowest BCUT2D eigenvalue weighted by Crippen LogP contribution is -2.39. The van der Waals surface area contributed by atoms with E-state index in [0.29, 0.717) is 6.42 Å². The number of nitro benzene ring substituents is 1. The fraction of sp³-hybridized carbons (Fsp3) is 0.263. The molecule has 0 bridgehead atoms. The summed E-state index contributed by atoms with van der Waals surface area (Å²) >= 11 is 0. The van der Waals surface area contributed by atoms with E-state index in [9.17, 15) is 18.5 Å². The lowest BCUT2D eigenvalue weighted by Gasteiger charge is -2.36. The quantitative estimate of drug-likeness (QED) is 0.460. The molecule has 2 aromatic carbocycles. The molecule has 7 heteroatoms. The molecule has 0 amide bonds. The number of para-hydroxylation sites is 1. The van der Waals surface area contributed by atoms with E-state index in [0.717, 1.165) is 16.7 Å². The second kappa shape index (κ2) is 7.01. The lowest BCUT2D eigenvalue weighted by molar-refractivity contribution is -0.387. The van der Waals surface area contributed by atoms with Crippen molar-refractivity contribution in [2.75, 3.05) is 6.54 Å². The maximum Gasteiger partial charge on any atom is 0.289 e. The number of sulfonamides is 1. The zero-order valence-electron chi connectivity index (χ0n) is 14.6. The van der Waals surface area contributed by atoms with Crippen molar-refractivity contribution >= 4 is 15.7 Å². The molecule has 1 unspecified atom stereocenters. The Bertz CT molecular complexity index is 968. The van der Waals surface area contributed by atoms with Gasteiger partial charge in [0.05, 0.1) is 11.0 Å². The van der Waals surface area contributed by atoms with Gasteiger partial charge in [0.25, 0.3) is 15.7 Å². The van der Waals surface area contributed by atoms with Gasteiger partial charge in [0.2, 0.25) is 0 Å². The van der Waals surface area contributed by atoms with E-state index in [1.807, 2.05) is 44.2 Å². The molecule has 0 aromatic heterocycles. The van der Waals surface area contributed by atoms with Crippen molar-refractivity contribution in [2.45, 2.75) is 31.2 Å². The van der Waals surface area contributed by atoms with Gasteiger partial charge in [-0.2, -0.15) is 4.31 Å². The first kappa shape index (κ1) is 18.3. The normalized spacial score (nSPS) is 18.8. The fourth-order valence-corrected chi connectivity index (χ4v) is 5.01. The van der Waals surface area contributed by atoms with Crippen LogP contribution >= 0.6 is 0 Å². The first-order chi connectivity index (χ1) is 12.3. The minimum atomic E-state index is -4.03. The molecular weight excluding hydrogens is 352 g/mol. The van der Waals surface area contributed by atoms with Crippen LogP contribution in [0.5, 0.6) is 0 Å². The standard InChI is InChI=1S/C19H20N2O4S/c1-14-12-18(16-8-4-3-5-9-16)20(13-15(14)2)26(24,25)19-11-7-6-10-17(19)21(22)23/h3-11,18H,12-13H2,1-2H3. The maximum absolute atomic E-state index is 13.3. The second-order valence-corrected chi connectivity index (χ2v) is 8.33. The summed E-state index contributed by atoms with van der Waals surface area (Å²) in [5.41, 5.74) is 2.59. The smallest absolute Gasteiger partial charge is 0.258 e. The van der Waals surface area contributed by atoms with Gasteiger partial charge in [-0.1, -0.05) is 53.6 Å². The highest BCUT2D eigenvalue weighted by molar-refractivity contribution is 7.89. The summed E-state index contributed by atoms with van der Waals surface area (Å²) in [5, 5.41) is 11.3. The fourth-order valence-electron chi connectivity index (χ4n) is 3.21. The number of hydrogen-bond acceptors (Lipinski definition) is 4. The maximum atomic E-state index is 13.3. The van der Waals surface area contributed by atoms with Crippen LogP contribution in [-0.2, 0) is 10.0 Å². The zero-order valence-corrected chi connectivity index (χ0v) is 15.4. The van der Waals surface area contributed by atoms with Crippen molar-refractivity contribution in [2.24, 2.45) is 0 Å². The molecule has 26 heavy (non-hydrogen) atoms. The minimum absolute atomic E-state index is 0.222. The molecule has 0 N–H and O–H groups in total. The minimum Gasteiger partial charge on any atom is -0.258 e. The molecule has 136 valence electrons. The van der Waals surface area contributed by atoms with Gasteiger partial charge in [0, 0.05) is 12.6 Å². The van der Waals surface area contributed by atoms with E-state index in [-0.39, 0.29) is 17.5 Å². The highest BCUT2D eigenvalue weighted by atomic mass is 32.2. The Morgan fingerprint density at radius 3 is 2.27 bits per heavy atom. The lowest BCUT2D eigenvalue weighted by atomic mass is 9.93. The van der Waals surface area contributed by atoms with E-state index < -0.39 is 20.6 Å². The Morgan fingerprint density at radius 2 is 1.62 bits per heavy atom. The summed E-state index contributed by atoms with van der Waals surface area (Å²) < 4.78 is 28.1. The predicted octanol–water partition coefficient (Wildman–Crippen LogP) is 4.07. The van der Waals surface area contributed by atoms with Crippen molar-refractivity contribution in [3.05, 3.63) is 81.4 Å². The van der Waals surface area contributed by atoms with Crippen LogP contribution in [0.3, 0.4) is 0 Å². The molecule has 0 fully saturated rings. The molecule has 1 heterocycles. The average molecular weight is 372 g/mol. The van der Waals surface area contributed by atoms with Crippen molar-refractivity contribution in [1.29, 1.82) is 0 Å². The summed E-state index contributed by atoms with van der Waals surface area (Å²) in [6, 6.07) is 14.5. The Balaban J connectivity index is 2.14. The van der Waals surface area contributed by atoms with Gasteiger partial charge in [-0.25, -0.2) is 8.42 Å². The summed E-state index contributed by atoms with van der Waals surface area (Å²) in [6.45, 7) is 4.12. The number of benzene rings is 2. The monoisotopic (exact) mass is 372 g/mol. The van der Waals surface area contributed by atoms with Gasteiger partial charge in [-0.05, 0) is 31.9 Å². The summed E-state index contributed by atoms with van der Waals surface area (Å²) in [5.74, 6) is 0. The predicted molar refractivity (Wildman–Crippen MR) is 99.2 cm³/mol. The molecular formula is C19H20N2O4S. The van der Waals surface area contributed by atoms with Crippen LogP contribution in [0.2, 0.25) is 0 Å². The van der Waals surface area contributed by atoms with Crippen LogP contribution in [0.25, 0.3) is 0 Å². The molecule has 1 atom stereocenters. The molecule has 1 aliphatic rings. The van der Waals surface area contributed by atoms with Crippen LogP contribution in [-0.4, -0.2) is 24.2 Å². The van der Waals surface area contributed by atoms with Crippen molar-refractivity contribution in [1.82, 2.24) is 4.31 Å². The van der Waals surface area contributed by atoms with Gasteiger partial charge in [0.15, 0.2) is 4.90 Å². The van der Waals surface area contributed by atoms with Gasteiger partial charge in [-0.3, -0.25) is 10.1 Å². The first-order valence-corrected chi connectivity index (χ1v) is 9.72. The van der Waals surface area contributed by atoms with Gasteiger partial charge >= 0.3 is 0 Å². The van der Waals surface area contributed by atoms with E-state index in [2.05, 4.69) is 0 Å². The van der Waals surface area contributed by atoms with Crippen LogP contribution in [0.4, 0.5) is 5.69 Å². The Hall–Kier alpha value is -2.51. The summed E-state index contributed by atoms with van der Waals surface area (Å²) in [7, 11) is -4.03. The van der Waals surface area contributed by atoms with E-state index in [1.54, 1.807) is 0 Å². The molecule has 0 saturated carbocycles. The summed E-state index contributed by atoms with van der Waals surface area (Å²) in [6.07, 6.45) is 0.565. The van der Waals surface area contributed by atoms with Crippen molar-refractivity contribution < 1.29 is 13.3 Å². The first-order valence-electron chi connectivity index (χ1n) is 8.28. The average Bonchev–Trinajstić information content (AvgIpc) is 2.64. The molecule has 0 aliphatic carbocycles. The van der Waals surface area contributed by atoms with E-state index >= 15 is 0 Å². The third-order valence-electron chi connectivity index (χ3n) is 4.80. The topological polar surface area (TPSA) is 80.5 Å². The van der Waals surface area contributed by atoms with Crippen LogP contribution < -0.4 is 0 Å². The molecule has 1 aliphatic heterocycles. The van der Waals surface area contributed by atoms with E-state index in [1.165, 1.54) is 28.6 Å². The molecule has 0 radical (unpaired) electrons. The third-order valence-corrected chi connectivity index (χ3v) is 6.70. The molecule has 0 spiro atoms. The largest absolute Gasteiger partial charge is 0.289 e. The van der Waals surface area contributed by atoms with Gasteiger partial charge in [-0.15, -0.1) is 0 Å². The number of nitrogens with zero attached hydrogens (tertiary/aromatic N) is 2. The van der Waals surface area contributed by atoms with Crippen molar-refractivity contribution in [3.63, 3.8) is 0 Å². The zero-order chi connectivity index (χ0) is 18.9. The Morgan fingerprint density at radius 1 is 1.00 bits per heavy atom. The Kier molecular flexibility index (Phi) is 4.93. The Labute approximate surface area is 153 Å². The highest BCUT2D eigenvalue weighted by Gasteiger charge is 2.38.